The predicted octanol–water partition coefficient (Wildman–Crippen LogP) is 3.00. The van der Waals surface area contributed by atoms with Crippen molar-refractivity contribution in [2.75, 3.05) is 0 Å². The highest BCUT2D eigenvalue weighted by atomic mass is 32.1. The molecule has 2 aromatic rings. The highest BCUT2D eigenvalue weighted by Gasteiger charge is 2.12. The Morgan fingerprint density at radius 3 is 2.61 bits per heavy atom. The Labute approximate surface area is 111 Å². The monoisotopic (exact) mass is 260 g/mol. The summed E-state index contributed by atoms with van der Waals surface area (Å²) in [5.74, 6) is -0.0977. The smallest absolute Gasteiger partial charge is 0.280 e. The molecule has 1 aromatic carbocycles. The lowest BCUT2D eigenvalue weighted by atomic mass is 10.1. The quantitative estimate of drug-likeness (QED) is 0.921. The Morgan fingerprint density at radius 1 is 1.28 bits per heavy atom. The second kappa shape index (κ2) is 5.31. The van der Waals surface area contributed by atoms with Crippen LogP contribution in [0.2, 0.25) is 0 Å². The summed E-state index contributed by atoms with van der Waals surface area (Å²) in [6, 6.07) is 8.04. The molecule has 1 N–H and O–H groups in total. The fourth-order valence-electron chi connectivity index (χ4n) is 1.63. The van der Waals surface area contributed by atoms with Crippen LogP contribution in [0.25, 0.3) is 0 Å². The minimum Gasteiger partial charge on any atom is -0.346 e. The number of benzene rings is 1. The molecule has 3 nitrogen and oxygen atoms in total. The van der Waals surface area contributed by atoms with Gasteiger partial charge in [-0.1, -0.05) is 24.3 Å². The third-order valence-corrected chi connectivity index (χ3v) is 4.00. The lowest BCUT2D eigenvalue weighted by Crippen LogP contribution is -2.23. The van der Waals surface area contributed by atoms with Crippen molar-refractivity contribution in [3.8, 4) is 0 Å². The molecule has 0 radical (unpaired) electrons. The summed E-state index contributed by atoms with van der Waals surface area (Å²) in [6.45, 7) is 6.48. The molecule has 1 heterocycles. The Bertz CT molecular complexity index is 555. The molecule has 0 saturated heterocycles. The molecule has 0 aliphatic carbocycles. The van der Waals surface area contributed by atoms with Gasteiger partial charge in [0.05, 0.1) is 5.69 Å². The van der Waals surface area contributed by atoms with Crippen molar-refractivity contribution in [3.05, 3.63) is 51.0 Å². The van der Waals surface area contributed by atoms with E-state index in [9.17, 15) is 4.79 Å². The van der Waals surface area contributed by atoms with Crippen LogP contribution in [0, 0.1) is 20.8 Å². The minimum atomic E-state index is -0.0977. The Kier molecular flexibility index (Phi) is 3.77. The van der Waals surface area contributed by atoms with E-state index >= 15 is 0 Å². The zero-order valence-corrected chi connectivity index (χ0v) is 11.6. The van der Waals surface area contributed by atoms with E-state index < -0.39 is 0 Å². The normalized spacial score (nSPS) is 10.4. The van der Waals surface area contributed by atoms with Crippen LogP contribution in [-0.4, -0.2) is 10.9 Å². The summed E-state index contributed by atoms with van der Waals surface area (Å²) >= 11 is 1.44. The molecule has 0 saturated carbocycles. The first kappa shape index (κ1) is 12.8. The molecule has 94 valence electrons. The Hall–Kier alpha value is -1.68. The zero-order chi connectivity index (χ0) is 13.1. The van der Waals surface area contributed by atoms with E-state index in [1.807, 2.05) is 45.0 Å². The number of amides is 1. The fraction of sp³-hybridized carbons (Fsp3) is 0.286. The third kappa shape index (κ3) is 2.76. The number of hydrogen-bond donors (Lipinski definition) is 1. The number of aromatic nitrogens is 1. The number of carbonyl (C=O) groups is 1. The number of nitrogens with zero attached hydrogens (tertiary/aromatic N) is 1. The van der Waals surface area contributed by atoms with Crippen LogP contribution < -0.4 is 5.32 Å². The lowest BCUT2D eigenvalue weighted by Gasteiger charge is -2.06. The van der Waals surface area contributed by atoms with Gasteiger partial charge in [-0.05, 0) is 31.9 Å². The minimum absolute atomic E-state index is 0.0977. The second-order valence-electron chi connectivity index (χ2n) is 4.27. The van der Waals surface area contributed by atoms with Crippen molar-refractivity contribution in [2.24, 2.45) is 0 Å². The molecule has 0 fully saturated rings. The van der Waals surface area contributed by atoms with Crippen molar-refractivity contribution in [1.29, 1.82) is 0 Å². The van der Waals surface area contributed by atoms with Gasteiger partial charge in [0.2, 0.25) is 0 Å². The van der Waals surface area contributed by atoms with Crippen molar-refractivity contribution in [1.82, 2.24) is 10.3 Å². The summed E-state index contributed by atoms with van der Waals surface area (Å²) < 4.78 is 0. The number of carbonyl (C=O) groups excluding carboxylic acids is 1. The fourth-order valence-corrected chi connectivity index (χ4v) is 2.46. The van der Waals surface area contributed by atoms with Gasteiger partial charge >= 0.3 is 0 Å². The predicted molar refractivity (Wildman–Crippen MR) is 73.9 cm³/mol. The molecule has 4 heteroatoms. The van der Waals surface area contributed by atoms with Gasteiger partial charge in [0.15, 0.2) is 5.01 Å². The molecule has 1 amide bonds. The van der Waals surface area contributed by atoms with Crippen LogP contribution in [-0.2, 0) is 6.54 Å². The molecule has 0 aliphatic rings. The molecule has 0 aliphatic heterocycles. The second-order valence-corrected chi connectivity index (χ2v) is 5.47. The summed E-state index contributed by atoms with van der Waals surface area (Å²) in [7, 11) is 0. The van der Waals surface area contributed by atoms with E-state index in [1.165, 1.54) is 16.9 Å². The average molecular weight is 260 g/mol. The van der Waals surface area contributed by atoms with Crippen LogP contribution >= 0.6 is 11.3 Å². The largest absolute Gasteiger partial charge is 0.346 e. The van der Waals surface area contributed by atoms with E-state index in [-0.39, 0.29) is 5.91 Å². The molecule has 2 rings (SSSR count). The standard InChI is InChI=1S/C14H16N2OS/c1-9-6-4-5-7-12(9)8-15-13(17)14-16-10(2)11(3)18-14/h4-7H,8H2,1-3H3,(H,15,17). The van der Waals surface area contributed by atoms with Gasteiger partial charge in [-0.3, -0.25) is 4.79 Å². The SMILES string of the molecule is Cc1ccccc1CNC(=O)c1nc(C)c(C)s1. The first-order valence-corrected chi connectivity index (χ1v) is 6.66. The summed E-state index contributed by atoms with van der Waals surface area (Å²) in [5.41, 5.74) is 3.25. The first-order valence-electron chi connectivity index (χ1n) is 5.84. The summed E-state index contributed by atoms with van der Waals surface area (Å²) in [6.07, 6.45) is 0. The van der Waals surface area contributed by atoms with Gasteiger partial charge in [-0.25, -0.2) is 4.98 Å². The van der Waals surface area contributed by atoms with Crippen molar-refractivity contribution >= 4 is 17.2 Å². The van der Waals surface area contributed by atoms with Gasteiger partial charge in [-0.15, -0.1) is 11.3 Å². The van der Waals surface area contributed by atoms with Crippen LogP contribution in [0.5, 0.6) is 0 Å². The van der Waals surface area contributed by atoms with Gasteiger partial charge < -0.3 is 5.32 Å². The third-order valence-electron chi connectivity index (χ3n) is 2.92. The summed E-state index contributed by atoms with van der Waals surface area (Å²) in [5, 5.41) is 3.45. The number of aryl methyl sites for hydroxylation is 3. The number of thiazole rings is 1. The molecule has 0 unspecified atom stereocenters. The molecular formula is C14H16N2OS. The molecule has 0 spiro atoms. The Balaban J connectivity index is 2.03. The molecular weight excluding hydrogens is 244 g/mol. The molecule has 0 bridgehead atoms. The summed E-state index contributed by atoms with van der Waals surface area (Å²) in [4.78, 5) is 17.3. The van der Waals surface area contributed by atoms with Gasteiger partial charge in [0, 0.05) is 11.4 Å². The van der Waals surface area contributed by atoms with Crippen molar-refractivity contribution in [2.45, 2.75) is 27.3 Å². The van der Waals surface area contributed by atoms with Crippen molar-refractivity contribution in [3.63, 3.8) is 0 Å². The van der Waals surface area contributed by atoms with Gasteiger partial charge in [-0.2, -0.15) is 0 Å². The van der Waals surface area contributed by atoms with E-state index in [0.29, 0.717) is 11.6 Å². The van der Waals surface area contributed by atoms with Crippen LogP contribution in [0.15, 0.2) is 24.3 Å². The number of nitrogens with one attached hydrogen (secondary N) is 1. The number of hydrogen-bond acceptors (Lipinski definition) is 3. The van der Waals surface area contributed by atoms with Crippen LogP contribution in [0.1, 0.15) is 31.5 Å². The molecule has 18 heavy (non-hydrogen) atoms. The lowest BCUT2D eigenvalue weighted by molar-refractivity contribution is 0.0950. The maximum Gasteiger partial charge on any atom is 0.280 e. The first-order chi connectivity index (χ1) is 8.58. The van der Waals surface area contributed by atoms with Crippen LogP contribution in [0.4, 0.5) is 0 Å². The van der Waals surface area contributed by atoms with E-state index in [4.69, 9.17) is 0 Å². The van der Waals surface area contributed by atoms with E-state index in [2.05, 4.69) is 10.3 Å². The molecule has 1 aromatic heterocycles. The van der Waals surface area contributed by atoms with Crippen LogP contribution in [0.3, 0.4) is 0 Å². The zero-order valence-electron chi connectivity index (χ0n) is 10.8. The molecule has 0 atom stereocenters. The maximum atomic E-state index is 11.9. The average Bonchev–Trinajstić information content (AvgIpc) is 2.68. The van der Waals surface area contributed by atoms with E-state index in [1.54, 1.807) is 0 Å². The van der Waals surface area contributed by atoms with E-state index in [0.717, 1.165) is 16.1 Å². The van der Waals surface area contributed by atoms with Crippen molar-refractivity contribution < 1.29 is 4.79 Å². The maximum absolute atomic E-state index is 11.9. The highest BCUT2D eigenvalue weighted by Crippen LogP contribution is 2.16. The Morgan fingerprint density at radius 2 is 2.00 bits per heavy atom. The number of rotatable bonds is 3. The van der Waals surface area contributed by atoms with Gasteiger partial charge in [0.1, 0.15) is 0 Å². The topological polar surface area (TPSA) is 42.0 Å². The highest BCUT2D eigenvalue weighted by molar-refractivity contribution is 7.13. The van der Waals surface area contributed by atoms with Gasteiger partial charge in [0.25, 0.3) is 5.91 Å².